The minimum absolute atomic E-state index is 0.0386. The Balaban J connectivity index is 1.41. The van der Waals surface area contributed by atoms with Crippen LogP contribution in [0.2, 0.25) is 0 Å². The first kappa shape index (κ1) is 23.3. The number of aromatic nitrogens is 7. The highest BCUT2D eigenvalue weighted by atomic mass is 32.2. The molecule has 0 fully saturated rings. The number of hydrogen-bond acceptors (Lipinski definition) is 13. The zero-order valence-electron chi connectivity index (χ0n) is 17.9. The molecule has 15 heteroatoms. The molecule has 0 aliphatic heterocycles. The van der Waals surface area contributed by atoms with Crippen LogP contribution in [0.1, 0.15) is 5.01 Å². The molecule has 0 spiro atoms. The molecule has 4 heterocycles. The van der Waals surface area contributed by atoms with Gasteiger partial charge in [0.15, 0.2) is 21.5 Å². The van der Waals surface area contributed by atoms with Gasteiger partial charge >= 0.3 is 0 Å². The van der Waals surface area contributed by atoms with E-state index >= 15 is 0 Å². The molecule has 5 aromatic rings. The molecule has 0 radical (unpaired) electrons. The summed E-state index contributed by atoms with van der Waals surface area (Å²) in [7, 11) is 0. The van der Waals surface area contributed by atoms with E-state index in [4.69, 9.17) is 0 Å². The van der Waals surface area contributed by atoms with E-state index in [1.807, 2.05) is 19.1 Å². The molecule has 0 bridgehead atoms. The first-order chi connectivity index (χ1) is 17.1. The van der Waals surface area contributed by atoms with Crippen molar-refractivity contribution in [2.24, 2.45) is 0 Å². The molecular formula is C20H15N9O2S4. The number of nitrogens with one attached hydrogen (secondary N) is 2. The van der Waals surface area contributed by atoms with Gasteiger partial charge in [-0.2, -0.15) is 0 Å². The Kier molecular flexibility index (Phi) is 6.98. The zero-order chi connectivity index (χ0) is 24.2. The van der Waals surface area contributed by atoms with E-state index in [0.29, 0.717) is 21.1 Å². The van der Waals surface area contributed by atoms with Gasteiger partial charge in [0.05, 0.1) is 11.4 Å². The van der Waals surface area contributed by atoms with Gasteiger partial charge in [-0.05, 0) is 43.1 Å². The lowest BCUT2D eigenvalue weighted by Gasteiger charge is -2.13. The summed E-state index contributed by atoms with van der Waals surface area (Å²) in [5.74, 6) is -0.216. The summed E-state index contributed by atoms with van der Waals surface area (Å²) in [6, 6.07) is 7.36. The number of fused-ring (bicyclic) bond motifs is 1. The summed E-state index contributed by atoms with van der Waals surface area (Å²) >= 11 is 5.31. The van der Waals surface area contributed by atoms with Crippen LogP contribution >= 0.6 is 46.4 Å². The number of nitrogens with zero attached hydrogens (tertiary/aromatic N) is 7. The highest BCUT2D eigenvalue weighted by Crippen LogP contribution is 2.26. The van der Waals surface area contributed by atoms with Crippen molar-refractivity contribution in [3.63, 3.8) is 0 Å². The van der Waals surface area contributed by atoms with E-state index in [2.05, 4.69) is 40.2 Å². The molecule has 35 heavy (non-hydrogen) atoms. The summed E-state index contributed by atoms with van der Waals surface area (Å²) in [5.41, 5.74) is 0.596. The molecule has 0 aliphatic rings. The van der Waals surface area contributed by atoms with E-state index < -0.39 is 0 Å². The van der Waals surface area contributed by atoms with Crippen LogP contribution in [0, 0.1) is 6.92 Å². The number of rotatable bonds is 8. The molecule has 176 valence electrons. The second-order valence-electron chi connectivity index (χ2n) is 6.76. The third-order valence-electron chi connectivity index (χ3n) is 4.37. The maximum atomic E-state index is 13.3. The van der Waals surface area contributed by atoms with Crippen molar-refractivity contribution in [2.45, 2.75) is 17.0 Å². The van der Waals surface area contributed by atoms with E-state index in [1.54, 1.807) is 23.7 Å². The van der Waals surface area contributed by atoms with Crippen LogP contribution in [0.3, 0.4) is 0 Å². The normalized spacial score (nSPS) is 11.0. The molecule has 5 rings (SSSR count). The number of thiazole rings is 1. The Labute approximate surface area is 214 Å². The van der Waals surface area contributed by atoms with Crippen molar-refractivity contribution in [2.75, 3.05) is 15.8 Å². The van der Waals surface area contributed by atoms with Crippen LogP contribution in [0.15, 0.2) is 63.1 Å². The highest BCUT2D eigenvalue weighted by Gasteiger charge is 2.17. The highest BCUT2D eigenvalue weighted by molar-refractivity contribution is 8.00. The molecule has 0 unspecified atom stereocenters. The summed E-state index contributed by atoms with van der Waals surface area (Å²) < 4.78 is 4.59. The van der Waals surface area contributed by atoms with Crippen molar-refractivity contribution < 1.29 is 4.79 Å². The number of hydrogen-bond donors (Lipinski definition) is 2. The fraction of sp³-hybridized carbons (Fsp3) is 0.100. The molecule has 0 aliphatic carbocycles. The minimum atomic E-state index is -0.367. The third kappa shape index (κ3) is 5.48. The Morgan fingerprint density at radius 2 is 1.89 bits per heavy atom. The standard InChI is InChI=1S/C20H15N9O2S4/c1-11-26-27-19(34-11)28-35-13-4-2-12(3-5-13)29-17(31)15-16(22-7-6-21-15)25-20(29)33-10-14(30)24-18-23-8-9-32-18/h2-9H,10H2,1H3,(H,27,28)(H,23,24,30). The fourth-order valence-corrected chi connectivity index (χ4v) is 5.49. The molecule has 1 amide bonds. The molecule has 2 N–H and O–H groups in total. The zero-order valence-corrected chi connectivity index (χ0v) is 21.2. The fourth-order valence-electron chi connectivity index (χ4n) is 2.90. The summed E-state index contributed by atoms with van der Waals surface area (Å²) in [6.45, 7) is 1.89. The lowest BCUT2D eigenvalue weighted by Crippen LogP contribution is -2.24. The predicted molar refractivity (Wildman–Crippen MR) is 139 cm³/mol. The van der Waals surface area contributed by atoms with Gasteiger partial charge in [0.2, 0.25) is 11.0 Å². The molecule has 0 saturated heterocycles. The maximum Gasteiger partial charge on any atom is 0.286 e. The molecule has 4 aromatic heterocycles. The Hall–Kier alpha value is -3.40. The van der Waals surface area contributed by atoms with E-state index in [1.165, 1.54) is 51.6 Å². The van der Waals surface area contributed by atoms with Crippen molar-refractivity contribution >= 4 is 73.7 Å². The molecule has 1 aromatic carbocycles. The Morgan fingerprint density at radius 3 is 2.63 bits per heavy atom. The monoisotopic (exact) mass is 541 g/mol. The van der Waals surface area contributed by atoms with Crippen molar-refractivity contribution in [1.82, 2.24) is 34.7 Å². The molecule has 0 atom stereocenters. The maximum absolute atomic E-state index is 13.3. The average molecular weight is 542 g/mol. The van der Waals surface area contributed by atoms with E-state index in [9.17, 15) is 9.59 Å². The van der Waals surface area contributed by atoms with Gasteiger partial charge in [0, 0.05) is 28.9 Å². The van der Waals surface area contributed by atoms with Crippen molar-refractivity contribution in [3.8, 4) is 5.69 Å². The van der Waals surface area contributed by atoms with Crippen molar-refractivity contribution in [1.29, 1.82) is 0 Å². The van der Waals surface area contributed by atoms with Gasteiger partial charge in [-0.1, -0.05) is 23.1 Å². The van der Waals surface area contributed by atoms with Crippen molar-refractivity contribution in [3.05, 3.63) is 63.6 Å². The summed E-state index contributed by atoms with van der Waals surface area (Å²) in [4.78, 5) is 43.5. The van der Waals surface area contributed by atoms with Gasteiger partial charge in [0.25, 0.3) is 5.56 Å². The lowest BCUT2D eigenvalue weighted by molar-refractivity contribution is -0.113. The van der Waals surface area contributed by atoms with Crippen LogP contribution in [0.25, 0.3) is 16.9 Å². The van der Waals surface area contributed by atoms with Crippen LogP contribution in [0.4, 0.5) is 10.3 Å². The Bertz CT molecular complexity index is 1530. The summed E-state index contributed by atoms with van der Waals surface area (Å²) in [6.07, 6.45) is 4.53. The largest absolute Gasteiger partial charge is 0.301 e. The number of carbonyl (C=O) groups is 1. The molecule has 0 saturated carbocycles. The van der Waals surface area contributed by atoms with Gasteiger partial charge in [-0.15, -0.1) is 21.5 Å². The predicted octanol–water partition coefficient (Wildman–Crippen LogP) is 3.64. The Morgan fingerprint density at radius 1 is 1.06 bits per heavy atom. The molecule has 11 nitrogen and oxygen atoms in total. The van der Waals surface area contributed by atoms with Gasteiger partial charge in [-0.3, -0.25) is 14.2 Å². The number of carbonyl (C=O) groups excluding carboxylic acids is 1. The number of benzene rings is 1. The van der Waals surface area contributed by atoms with Gasteiger partial charge in [-0.25, -0.2) is 19.9 Å². The first-order valence-electron chi connectivity index (χ1n) is 9.96. The van der Waals surface area contributed by atoms with Crippen LogP contribution < -0.4 is 15.6 Å². The topological polar surface area (TPSA) is 140 Å². The number of thioether (sulfide) groups is 1. The van der Waals surface area contributed by atoms with Crippen LogP contribution in [0.5, 0.6) is 0 Å². The third-order valence-corrected chi connectivity index (χ3v) is 7.68. The second kappa shape index (κ2) is 10.5. The van der Waals surface area contributed by atoms with E-state index in [0.717, 1.165) is 21.7 Å². The minimum Gasteiger partial charge on any atom is -0.301 e. The van der Waals surface area contributed by atoms with Crippen LogP contribution in [-0.4, -0.2) is 46.4 Å². The lowest BCUT2D eigenvalue weighted by atomic mass is 10.3. The van der Waals surface area contributed by atoms with Crippen LogP contribution in [-0.2, 0) is 4.79 Å². The van der Waals surface area contributed by atoms with Gasteiger partial charge in [0.1, 0.15) is 5.01 Å². The number of amides is 1. The SMILES string of the molecule is Cc1nnc(NSc2ccc(-n3c(SCC(=O)Nc4nccs4)nc4nccnc4c3=O)cc2)s1. The quantitative estimate of drug-likeness (QED) is 0.169. The number of anilines is 2. The van der Waals surface area contributed by atoms with E-state index in [-0.39, 0.29) is 28.4 Å². The smallest absolute Gasteiger partial charge is 0.286 e. The average Bonchev–Trinajstić information content (AvgIpc) is 3.53. The number of aryl methyl sites for hydroxylation is 1. The second-order valence-corrected chi connectivity index (χ2v) is 10.7. The van der Waals surface area contributed by atoms with Gasteiger partial charge < -0.3 is 10.0 Å². The molecular weight excluding hydrogens is 527 g/mol. The summed E-state index contributed by atoms with van der Waals surface area (Å²) in [5, 5.41) is 14.9. The first-order valence-corrected chi connectivity index (χ1v) is 13.5.